The second kappa shape index (κ2) is 8.73. The Morgan fingerprint density at radius 3 is 2.25 bits per heavy atom. The molecule has 0 radical (unpaired) electrons. The van der Waals surface area contributed by atoms with E-state index in [2.05, 4.69) is 11.4 Å². The molecule has 0 bridgehead atoms. The summed E-state index contributed by atoms with van der Waals surface area (Å²) in [6.45, 7) is 7.48. The molecular weight excluding hydrogens is 379 g/mol. The lowest BCUT2D eigenvalue weighted by molar-refractivity contribution is -0.122. The van der Waals surface area contributed by atoms with Crippen molar-refractivity contribution in [1.29, 1.82) is 0 Å². The highest BCUT2D eigenvalue weighted by atomic mass is 32.2. The van der Waals surface area contributed by atoms with Gasteiger partial charge >= 0.3 is 0 Å². The van der Waals surface area contributed by atoms with Gasteiger partial charge in [0.2, 0.25) is 15.9 Å². The Hall–Kier alpha value is -2.41. The zero-order valence-corrected chi connectivity index (χ0v) is 17.7. The minimum atomic E-state index is -3.75. The lowest BCUT2D eigenvalue weighted by Gasteiger charge is -2.30. The average molecular weight is 407 g/mol. The fourth-order valence-electron chi connectivity index (χ4n) is 3.31. The molecule has 0 aliphatic carbocycles. The number of nitrogens with zero attached hydrogens (tertiary/aromatic N) is 1. The minimum Gasteiger partial charge on any atom is -0.347 e. The highest BCUT2D eigenvalue weighted by molar-refractivity contribution is 7.92. The number of carbonyl (C=O) groups is 1. The normalized spacial score (nSPS) is 13.6. The summed E-state index contributed by atoms with van der Waals surface area (Å²) >= 11 is 0. The second-order valence-electron chi connectivity index (χ2n) is 7.04. The van der Waals surface area contributed by atoms with Gasteiger partial charge in [0.25, 0.3) is 0 Å². The summed E-state index contributed by atoms with van der Waals surface area (Å²) in [5.74, 6) is -0.892. The van der Waals surface area contributed by atoms with Crippen LogP contribution in [-0.2, 0) is 14.8 Å². The van der Waals surface area contributed by atoms with Crippen molar-refractivity contribution in [3.05, 3.63) is 65.0 Å². The molecule has 0 saturated heterocycles. The van der Waals surface area contributed by atoms with Gasteiger partial charge in [0.15, 0.2) is 0 Å². The molecule has 0 aliphatic rings. The number of sulfonamides is 1. The third-order valence-electron chi connectivity index (χ3n) is 4.70. The van der Waals surface area contributed by atoms with E-state index in [1.165, 1.54) is 31.2 Å². The lowest BCUT2D eigenvalue weighted by Crippen LogP contribution is -2.48. The van der Waals surface area contributed by atoms with Crippen LogP contribution in [0.25, 0.3) is 0 Å². The number of benzene rings is 2. The van der Waals surface area contributed by atoms with Gasteiger partial charge in [-0.05, 0) is 62.6 Å². The molecule has 2 rings (SSSR count). The highest BCUT2D eigenvalue weighted by Crippen LogP contribution is 2.24. The molecule has 0 aromatic heterocycles. The number of carbonyl (C=O) groups excluding carboxylic acids is 1. The van der Waals surface area contributed by atoms with E-state index in [0.29, 0.717) is 6.42 Å². The Labute approximate surface area is 166 Å². The number of amides is 1. The van der Waals surface area contributed by atoms with Crippen molar-refractivity contribution in [2.24, 2.45) is 0 Å². The molecule has 0 fully saturated rings. The summed E-state index contributed by atoms with van der Waals surface area (Å²) in [4.78, 5) is 12.9. The molecule has 0 heterocycles. The summed E-state index contributed by atoms with van der Waals surface area (Å²) in [6.07, 6.45) is 1.69. The molecule has 1 N–H and O–H groups in total. The van der Waals surface area contributed by atoms with Crippen LogP contribution in [-0.4, -0.2) is 26.6 Å². The predicted molar refractivity (Wildman–Crippen MR) is 110 cm³/mol. The number of hydrogen-bond donors (Lipinski definition) is 1. The van der Waals surface area contributed by atoms with E-state index in [4.69, 9.17) is 0 Å². The third kappa shape index (κ3) is 5.10. The van der Waals surface area contributed by atoms with Gasteiger partial charge < -0.3 is 5.32 Å². The van der Waals surface area contributed by atoms with E-state index >= 15 is 0 Å². The number of anilines is 1. The van der Waals surface area contributed by atoms with E-state index in [1.54, 1.807) is 0 Å². The van der Waals surface area contributed by atoms with E-state index < -0.39 is 27.8 Å². The van der Waals surface area contributed by atoms with Gasteiger partial charge in [-0.2, -0.15) is 0 Å². The summed E-state index contributed by atoms with van der Waals surface area (Å²) in [5.41, 5.74) is 3.45. The molecule has 152 valence electrons. The molecule has 0 aliphatic heterocycles. The van der Waals surface area contributed by atoms with Crippen molar-refractivity contribution in [2.75, 3.05) is 10.6 Å². The number of rotatable bonds is 7. The first kappa shape index (κ1) is 21.9. The van der Waals surface area contributed by atoms with Gasteiger partial charge in [-0.15, -0.1) is 0 Å². The molecule has 2 aromatic rings. The van der Waals surface area contributed by atoms with Crippen LogP contribution in [0.1, 0.15) is 43.0 Å². The zero-order valence-electron chi connectivity index (χ0n) is 16.9. The monoisotopic (exact) mass is 406 g/mol. The quantitative estimate of drug-likeness (QED) is 0.759. The Balaban J connectivity index is 2.30. The SMILES string of the molecule is CC[C@H](NC(=O)[C@H](C)N(c1ccc(F)cc1)S(C)(=O)=O)c1ccc(C)cc1C. The first-order valence-electron chi connectivity index (χ1n) is 9.17. The molecular formula is C21H27FN2O3S. The molecule has 2 atom stereocenters. The summed E-state index contributed by atoms with van der Waals surface area (Å²) in [7, 11) is -3.75. The van der Waals surface area contributed by atoms with E-state index in [-0.39, 0.29) is 11.7 Å². The number of hydrogen-bond acceptors (Lipinski definition) is 3. The van der Waals surface area contributed by atoms with Crippen LogP contribution in [0.3, 0.4) is 0 Å². The maximum atomic E-state index is 13.2. The Kier molecular flexibility index (Phi) is 6.82. The molecule has 7 heteroatoms. The van der Waals surface area contributed by atoms with Gasteiger partial charge in [-0.25, -0.2) is 12.8 Å². The molecule has 2 aromatic carbocycles. The van der Waals surface area contributed by atoms with Crippen molar-refractivity contribution in [1.82, 2.24) is 5.32 Å². The maximum Gasteiger partial charge on any atom is 0.244 e. The molecule has 5 nitrogen and oxygen atoms in total. The molecule has 1 amide bonds. The van der Waals surface area contributed by atoms with Crippen LogP contribution in [0, 0.1) is 19.7 Å². The van der Waals surface area contributed by atoms with Crippen LogP contribution in [0.2, 0.25) is 0 Å². The fraction of sp³-hybridized carbons (Fsp3) is 0.381. The third-order valence-corrected chi connectivity index (χ3v) is 5.94. The van der Waals surface area contributed by atoms with Crippen LogP contribution in [0.15, 0.2) is 42.5 Å². The first-order valence-corrected chi connectivity index (χ1v) is 11.0. The number of halogens is 1. The smallest absolute Gasteiger partial charge is 0.244 e. The lowest BCUT2D eigenvalue weighted by atomic mass is 9.97. The van der Waals surface area contributed by atoms with E-state index in [1.807, 2.05) is 32.9 Å². The van der Waals surface area contributed by atoms with Gasteiger partial charge in [-0.3, -0.25) is 9.10 Å². The van der Waals surface area contributed by atoms with Gasteiger partial charge in [0.05, 0.1) is 18.0 Å². The van der Waals surface area contributed by atoms with Gasteiger partial charge in [0.1, 0.15) is 11.9 Å². The Morgan fingerprint density at radius 1 is 1.14 bits per heavy atom. The van der Waals surface area contributed by atoms with Gasteiger partial charge in [-0.1, -0.05) is 30.7 Å². The van der Waals surface area contributed by atoms with Crippen molar-refractivity contribution in [2.45, 2.75) is 46.2 Å². The molecule has 0 spiro atoms. The van der Waals surface area contributed by atoms with Crippen molar-refractivity contribution >= 4 is 21.6 Å². The first-order chi connectivity index (χ1) is 13.0. The predicted octanol–water partition coefficient (Wildman–Crippen LogP) is 3.86. The summed E-state index contributed by atoms with van der Waals surface area (Å²) in [6, 6.07) is 9.84. The second-order valence-corrected chi connectivity index (χ2v) is 8.90. The number of nitrogens with one attached hydrogen (secondary N) is 1. The summed E-state index contributed by atoms with van der Waals surface area (Å²) in [5, 5.41) is 2.96. The van der Waals surface area contributed by atoms with Crippen molar-refractivity contribution < 1.29 is 17.6 Å². The van der Waals surface area contributed by atoms with Gasteiger partial charge in [0, 0.05) is 0 Å². The average Bonchev–Trinajstić information content (AvgIpc) is 2.60. The van der Waals surface area contributed by atoms with E-state index in [9.17, 15) is 17.6 Å². The highest BCUT2D eigenvalue weighted by Gasteiger charge is 2.30. The largest absolute Gasteiger partial charge is 0.347 e. The van der Waals surface area contributed by atoms with Crippen molar-refractivity contribution in [3.63, 3.8) is 0 Å². The topological polar surface area (TPSA) is 66.5 Å². The van der Waals surface area contributed by atoms with Crippen LogP contribution in [0.4, 0.5) is 10.1 Å². The zero-order chi connectivity index (χ0) is 21.1. The summed E-state index contributed by atoms with van der Waals surface area (Å²) < 4.78 is 38.9. The van der Waals surface area contributed by atoms with Crippen LogP contribution >= 0.6 is 0 Å². The minimum absolute atomic E-state index is 0.231. The Morgan fingerprint density at radius 2 is 1.75 bits per heavy atom. The molecule has 28 heavy (non-hydrogen) atoms. The molecule has 0 saturated carbocycles. The van der Waals surface area contributed by atoms with Crippen LogP contribution < -0.4 is 9.62 Å². The van der Waals surface area contributed by atoms with E-state index in [0.717, 1.165) is 27.3 Å². The standard InChI is InChI=1S/C21H27FN2O3S/c1-6-20(19-12-7-14(2)13-15(19)3)23-21(25)16(4)24(28(5,26)27)18-10-8-17(22)9-11-18/h7-13,16,20H,6H2,1-5H3,(H,23,25)/t16-,20-/m0/s1. The number of aryl methyl sites for hydroxylation is 2. The molecule has 0 unspecified atom stereocenters. The van der Waals surface area contributed by atoms with Crippen molar-refractivity contribution in [3.8, 4) is 0 Å². The van der Waals surface area contributed by atoms with Crippen LogP contribution in [0.5, 0.6) is 0 Å². The Bertz CT molecular complexity index is 943. The maximum absolute atomic E-state index is 13.2. The fourth-order valence-corrected chi connectivity index (χ4v) is 4.48.